The number of ether oxygens (including phenoxy) is 1. The van der Waals surface area contributed by atoms with Crippen molar-refractivity contribution in [1.29, 1.82) is 0 Å². The summed E-state index contributed by atoms with van der Waals surface area (Å²) in [4.78, 5) is 20.6. The van der Waals surface area contributed by atoms with E-state index in [1.807, 2.05) is 18.0 Å². The molecule has 1 aromatic carbocycles. The van der Waals surface area contributed by atoms with E-state index in [-0.39, 0.29) is 29.9 Å². The smallest absolute Gasteiger partial charge is 0.222 e. The van der Waals surface area contributed by atoms with Crippen LogP contribution in [0.3, 0.4) is 0 Å². The topological polar surface area (TPSA) is 57.2 Å². The van der Waals surface area contributed by atoms with Crippen molar-refractivity contribution >= 4 is 35.8 Å². The van der Waals surface area contributed by atoms with Crippen LogP contribution in [-0.4, -0.2) is 62.1 Å². The standard InChI is InChI=1S/C20H30N4O2.HI/c1-21-20(24-11-9-16(13-24)15-26-2)22-12-17-6-3-4-7-18(17)14-23-10-5-8-19(23)25;/h3-4,6-7,16H,5,8-15H2,1-2H3,(H,21,22);1H. The number of nitrogens with one attached hydrogen (secondary N) is 1. The molecule has 3 rings (SSSR count). The first-order valence-electron chi connectivity index (χ1n) is 9.50. The van der Waals surface area contributed by atoms with E-state index in [2.05, 4.69) is 33.4 Å². The van der Waals surface area contributed by atoms with E-state index in [0.29, 0.717) is 18.9 Å². The number of aliphatic imine (C=N–C) groups is 1. The number of carbonyl (C=O) groups excluding carboxylic acids is 1. The lowest BCUT2D eigenvalue weighted by Gasteiger charge is -2.23. The van der Waals surface area contributed by atoms with Crippen LogP contribution in [0.4, 0.5) is 0 Å². The van der Waals surface area contributed by atoms with Crippen LogP contribution >= 0.6 is 24.0 Å². The first-order valence-corrected chi connectivity index (χ1v) is 9.50. The van der Waals surface area contributed by atoms with Crippen molar-refractivity contribution in [3.05, 3.63) is 35.4 Å². The van der Waals surface area contributed by atoms with Crippen molar-refractivity contribution in [2.45, 2.75) is 32.4 Å². The molecule has 1 N–H and O–H groups in total. The molecule has 7 heteroatoms. The van der Waals surface area contributed by atoms with Gasteiger partial charge in [-0.25, -0.2) is 0 Å². The minimum Gasteiger partial charge on any atom is -0.384 e. The Morgan fingerprint density at radius 3 is 2.74 bits per heavy atom. The van der Waals surface area contributed by atoms with Gasteiger partial charge in [0.25, 0.3) is 0 Å². The molecule has 0 bridgehead atoms. The number of benzene rings is 1. The third kappa shape index (κ3) is 5.81. The first-order chi connectivity index (χ1) is 12.7. The number of carbonyl (C=O) groups is 1. The largest absolute Gasteiger partial charge is 0.384 e. The van der Waals surface area contributed by atoms with E-state index >= 15 is 0 Å². The van der Waals surface area contributed by atoms with E-state index in [4.69, 9.17) is 4.74 Å². The van der Waals surface area contributed by atoms with Gasteiger partial charge in [-0.2, -0.15) is 0 Å². The Morgan fingerprint density at radius 2 is 2.07 bits per heavy atom. The monoisotopic (exact) mass is 486 g/mol. The molecular weight excluding hydrogens is 455 g/mol. The lowest BCUT2D eigenvalue weighted by Crippen LogP contribution is -2.40. The molecule has 2 fully saturated rings. The molecule has 2 aliphatic rings. The van der Waals surface area contributed by atoms with Gasteiger partial charge in [0.05, 0.1) is 6.61 Å². The molecule has 2 saturated heterocycles. The van der Waals surface area contributed by atoms with Crippen LogP contribution in [0.1, 0.15) is 30.4 Å². The van der Waals surface area contributed by atoms with Crippen molar-refractivity contribution < 1.29 is 9.53 Å². The quantitative estimate of drug-likeness (QED) is 0.382. The molecule has 0 aliphatic carbocycles. The van der Waals surface area contributed by atoms with Gasteiger partial charge >= 0.3 is 0 Å². The van der Waals surface area contributed by atoms with Crippen molar-refractivity contribution in [2.75, 3.05) is 40.4 Å². The van der Waals surface area contributed by atoms with Gasteiger partial charge in [0.15, 0.2) is 5.96 Å². The molecule has 0 radical (unpaired) electrons. The number of likely N-dealkylation sites (tertiary alicyclic amines) is 2. The Morgan fingerprint density at radius 1 is 1.30 bits per heavy atom. The normalized spacial score (nSPS) is 20.1. The predicted octanol–water partition coefficient (Wildman–Crippen LogP) is 2.47. The van der Waals surface area contributed by atoms with Gasteiger partial charge in [0, 0.05) is 59.2 Å². The van der Waals surface area contributed by atoms with Crippen molar-refractivity contribution in [3.8, 4) is 0 Å². The average Bonchev–Trinajstić information content (AvgIpc) is 3.27. The molecule has 150 valence electrons. The summed E-state index contributed by atoms with van der Waals surface area (Å²) < 4.78 is 5.29. The molecule has 1 aromatic rings. The molecule has 0 spiro atoms. The fourth-order valence-electron chi connectivity index (χ4n) is 3.86. The molecule has 1 amide bonds. The summed E-state index contributed by atoms with van der Waals surface area (Å²) in [5, 5.41) is 3.50. The highest BCUT2D eigenvalue weighted by atomic mass is 127. The van der Waals surface area contributed by atoms with Gasteiger partial charge in [-0.1, -0.05) is 24.3 Å². The first kappa shape index (κ1) is 21.9. The Hall–Kier alpha value is -1.35. The molecule has 1 unspecified atom stereocenters. The summed E-state index contributed by atoms with van der Waals surface area (Å²) >= 11 is 0. The Labute approximate surface area is 179 Å². The zero-order valence-electron chi connectivity index (χ0n) is 16.3. The van der Waals surface area contributed by atoms with Crippen molar-refractivity contribution in [1.82, 2.24) is 15.1 Å². The summed E-state index contributed by atoms with van der Waals surface area (Å²) in [5.74, 6) is 1.78. The fraction of sp³-hybridized carbons (Fsp3) is 0.600. The second-order valence-corrected chi connectivity index (χ2v) is 7.14. The van der Waals surface area contributed by atoms with Crippen LogP contribution < -0.4 is 5.32 Å². The molecule has 2 heterocycles. The highest BCUT2D eigenvalue weighted by Crippen LogP contribution is 2.19. The molecule has 0 saturated carbocycles. The van der Waals surface area contributed by atoms with Gasteiger partial charge < -0.3 is 19.9 Å². The Kier molecular flexibility index (Phi) is 8.82. The van der Waals surface area contributed by atoms with Crippen LogP contribution in [0.2, 0.25) is 0 Å². The third-order valence-electron chi connectivity index (χ3n) is 5.29. The van der Waals surface area contributed by atoms with E-state index in [1.54, 1.807) is 7.11 Å². The SMILES string of the molecule is CN=C(NCc1ccccc1CN1CCCC1=O)N1CCC(COC)C1.I. The maximum absolute atomic E-state index is 11.9. The third-order valence-corrected chi connectivity index (χ3v) is 5.29. The van der Waals surface area contributed by atoms with Crippen LogP contribution in [0.25, 0.3) is 0 Å². The molecular formula is C20H31IN4O2. The van der Waals surface area contributed by atoms with E-state index < -0.39 is 0 Å². The van der Waals surface area contributed by atoms with E-state index in [0.717, 1.165) is 51.6 Å². The summed E-state index contributed by atoms with van der Waals surface area (Å²) in [6, 6.07) is 8.35. The highest BCUT2D eigenvalue weighted by Gasteiger charge is 2.25. The van der Waals surface area contributed by atoms with E-state index in [9.17, 15) is 4.79 Å². The number of guanidine groups is 1. The number of halogens is 1. The van der Waals surface area contributed by atoms with E-state index in [1.165, 1.54) is 11.1 Å². The molecule has 6 nitrogen and oxygen atoms in total. The average molecular weight is 486 g/mol. The highest BCUT2D eigenvalue weighted by molar-refractivity contribution is 14.0. The van der Waals surface area contributed by atoms with Gasteiger partial charge in [0.2, 0.25) is 5.91 Å². The lowest BCUT2D eigenvalue weighted by molar-refractivity contribution is -0.128. The second-order valence-electron chi connectivity index (χ2n) is 7.14. The van der Waals surface area contributed by atoms with Crippen LogP contribution in [0.5, 0.6) is 0 Å². The van der Waals surface area contributed by atoms with Gasteiger partial charge in [-0.3, -0.25) is 9.79 Å². The summed E-state index contributed by atoms with van der Waals surface area (Å²) in [5.41, 5.74) is 2.44. The zero-order valence-corrected chi connectivity index (χ0v) is 18.6. The van der Waals surface area contributed by atoms with Crippen molar-refractivity contribution in [2.24, 2.45) is 10.9 Å². The second kappa shape index (κ2) is 10.8. The Bertz CT molecular complexity index is 653. The minimum atomic E-state index is 0. The summed E-state index contributed by atoms with van der Waals surface area (Å²) in [6.07, 6.45) is 2.80. The van der Waals surface area contributed by atoms with Gasteiger partial charge in [0.1, 0.15) is 0 Å². The molecule has 2 aliphatic heterocycles. The Balaban J connectivity index is 0.00000261. The number of hydrogen-bond donors (Lipinski definition) is 1. The number of rotatable bonds is 6. The fourth-order valence-corrected chi connectivity index (χ4v) is 3.86. The number of methoxy groups -OCH3 is 1. The molecule has 27 heavy (non-hydrogen) atoms. The number of nitrogens with zero attached hydrogens (tertiary/aromatic N) is 3. The summed E-state index contributed by atoms with van der Waals surface area (Å²) in [7, 11) is 3.60. The molecule has 0 aromatic heterocycles. The maximum Gasteiger partial charge on any atom is 0.222 e. The minimum absolute atomic E-state index is 0. The zero-order chi connectivity index (χ0) is 18.4. The van der Waals surface area contributed by atoms with Crippen LogP contribution in [0.15, 0.2) is 29.3 Å². The van der Waals surface area contributed by atoms with Gasteiger partial charge in [-0.15, -0.1) is 24.0 Å². The van der Waals surface area contributed by atoms with Gasteiger partial charge in [-0.05, 0) is 24.0 Å². The lowest BCUT2D eigenvalue weighted by atomic mass is 10.1. The summed E-state index contributed by atoms with van der Waals surface area (Å²) in [6.45, 7) is 5.09. The number of amides is 1. The van der Waals surface area contributed by atoms with Crippen molar-refractivity contribution in [3.63, 3.8) is 0 Å². The van der Waals surface area contributed by atoms with Crippen LogP contribution in [-0.2, 0) is 22.6 Å². The maximum atomic E-state index is 11.9. The van der Waals surface area contributed by atoms with Crippen LogP contribution in [0, 0.1) is 5.92 Å². The predicted molar refractivity (Wildman–Crippen MR) is 118 cm³/mol. The number of hydrogen-bond acceptors (Lipinski definition) is 3. The molecule has 1 atom stereocenters.